The standard InChI is InChI=1S/C19H23ClOS.C11H15N3.C8H16.2C2H6/c1-3-18(22-13-15-6-10-17(20)11-7-15)12-19(21)16-8-4-14(2)5-9-16;1-8-12-10-7-5-4-6-9(10)11(13-8)14(2)3;1-7-3-5-8(2)6-4-7;2*1-2/h4-11,18-19,21H,3,12-13H2,1-2H3;6-7H,4-5H2,1-3H3;7-8H,3-6H2,1-2H3;2*1-2H3. The summed E-state index contributed by atoms with van der Waals surface area (Å²) < 4.78 is 0. The highest BCUT2D eigenvalue weighted by atomic mass is 35.5. The molecule has 2 aromatic carbocycles. The highest BCUT2D eigenvalue weighted by molar-refractivity contribution is 7.99. The van der Waals surface area contributed by atoms with Gasteiger partial charge < -0.3 is 10.0 Å². The Labute approximate surface area is 303 Å². The predicted octanol–water partition coefficient (Wildman–Crippen LogP) is 10.9. The van der Waals surface area contributed by atoms with Crippen LogP contribution < -0.4 is 15.5 Å². The monoisotopic (exact) mass is 695 g/mol. The molecule has 3 aromatic rings. The molecule has 268 valence electrons. The minimum Gasteiger partial charge on any atom is -0.388 e. The van der Waals surface area contributed by atoms with Crippen LogP contribution in [0.25, 0.3) is 12.2 Å². The molecule has 0 radical (unpaired) electrons. The highest BCUT2D eigenvalue weighted by Crippen LogP contribution is 2.30. The molecular weight excluding hydrogens is 630 g/mol. The maximum atomic E-state index is 10.4. The molecule has 0 saturated heterocycles. The molecule has 1 saturated carbocycles. The Morgan fingerprint density at radius 2 is 1.38 bits per heavy atom. The van der Waals surface area contributed by atoms with Gasteiger partial charge in [-0.2, -0.15) is 11.8 Å². The van der Waals surface area contributed by atoms with Crippen LogP contribution in [-0.4, -0.2) is 34.4 Å². The summed E-state index contributed by atoms with van der Waals surface area (Å²) in [6.45, 7) is 18.9. The van der Waals surface area contributed by atoms with E-state index in [0.29, 0.717) is 5.25 Å². The summed E-state index contributed by atoms with van der Waals surface area (Å²) in [7, 11) is 4.04. The Morgan fingerprint density at radius 3 is 1.90 bits per heavy atom. The van der Waals surface area contributed by atoms with E-state index in [1.807, 2.05) is 89.6 Å². The normalized spacial score (nSPS) is 17.3. The molecule has 1 heterocycles. The number of aliphatic hydroxyl groups excluding tert-OH is 1. The minimum absolute atomic E-state index is 0.386. The first-order chi connectivity index (χ1) is 23.0. The zero-order valence-corrected chi connectivity index (χ0v) is 33.6. The van der Waals surface area contributed by atoms with Crippen LogP contribution in [0.3, 0.4) is 0 Å². The van der Waals surface area contributed by atoms with Gasteiger partial charge in [-0.15, -0.1) is 0 Å². The van der Waals surface area contributed by atoms with E-state index in [4.69, 9.17) is 11.6 Å². The first kappa shape index (κ1) is 43.7. The van der Waals surface area contributed by atoms with E-state index >= 15 is 0 Å². The predicted molar refractivity (Wildman–Crippen MR) is 216 cm³/mol. The van der Waals surface area contributed by atoms with Gasteiger partial charge >= 0.3 is 0 Å². The topological polar surface area (TPSA) is 49.3 Å². The van der Waals surface area contributed by atoms with Gasteiger partial charge in [-0.1, -0.05) is 140 Å². The zero-order chi connectivity index (χ0) is 36.1. The average Bonchev–Trinajstić information content (AvgIpc) is 3.10. The zero-order valence-electron chi connectivity index (χ0n) is 32.0. The third-order valence-electron chi connectivity index (χ3n) is 8.45. The fourth-order valence-electron chi connectivity index (χ4n) is 5.48. The second-order valence-corrected chi connectivity index (χ2v) is 14.5. The van der Waals surface area contributed by atoms with Gasteiger partial charge in [-0.05, 0) is 74.6 Å². The molecule has 0 aliphatic heterocycles. The molecule has 2 aliphatic rings. The van der Waals surface area contributed by atoms with Crippen molar-refractivity contribution in [3.05, 3.63) is 86.6 Å². The number of rotatable bonds is 8. The molecule has 2 aliphatic carbocycles. The van der Waals surface area contributed by atoms with E-state index < -0.39 is 0 Å². The van der Waals surface area contributed by atoms with Crippen molar-refractivity contribution in [3.8, 4) is 0 Å². The lowest BCUT2D eigenvalue weighted by atomic mass is 9.84. The largest absolute Gasteiger partial charge is 0.388 e. The van der Waals surface area contributed by atoms with Crippen molar-refractivity contribution in [3.63, 3.8) is 0 Å². The van der Waals surface area contributed by atoms with Gasteiger partial charge in [0.05, 0.1) is 11.5 Å². The maximum absolute atomic E-state index is 10.4. The molecule has 0 amide bonds. The van der Waals surface area contributed by atoms with Crippen LogP contribution in [0, 0.1) is 25.7 Å². The molecule has 4 nitrogen and oxygen atoms in total. The van der Waals surface area contributed by atoms with Crippen LogP contribution in [0.15, 0.2) is 48.5 Å². The van der Waals surface area contributed by atoms with Crippen molar-refractivity contribution < 1.29 is 5.11 Å². The number of fused-ring (bicyclic) bond motifs is 1. The number of thioether (sulfide) groups is 1. The lowest BCUT2D eigenvalue weighted by molar-refractivity contribution is 0.166. The SMILES string of the molecule is CC.CC.CC1CCC(C)CC1.CCC(CC(O)c1ccc(C)cc1)SCc1ccc(Cl)cc1.Cc1nc(N(C)C)c2c(n1)=CCCC=2. The Kier molecular flexibility index (Phi) is 22.5. The van der Waals surface area contributed by atoms with Crippen molar-refractivity contribution >= 4 is 41.3 Å². The van der Waals surface area contributed by atoms with Gasteiger partial charge in [0.25, 0.3) is 0 Å². The van der Waals surface area contributed by atoms with E-state index in [2.05, 4.69) is 74.1 Å². The van der Waals surface area contributed by atoms with Crippen molar-refractivity contribution in [2.24, 2.45) is 11.8 Å². The number of hydrogen-bond acceptors (Lipinski definition) is 5. The third kappa shape index (κ3) is 16.4. The van der Waals surface area contributed by atoms with E-state index in [-0.39, 0.29) is 6.10 Å². The number of benzene rings is 2. The van der Waals surface area contributed by atoms with Crippen molar-refractivity contribution in [1.29, 1.82) is 0 Å². The number of hydrogen-bond donors (Lipinski definition) is 1. The number of aryl methyl sites for hydroxylation is 2. The van der Waals surface area contributed by atoms with Gasteiger partial charge in [-0.3, -0.25) is 0 Å². The molecule has 1 aromatic heterocycles. The molecule has 1 fully saturated rings. The molecular formula is C42H66ClN3OS. The Hall–Kier alpha value is -2.34. The summed E-state index contributed by atoms with van der Waals surface area (Å²) in [5.74, 6) is 4.87. The van der Waals surface area contributed by atoms with Gasteiger partial charge in [-0.25, -0.2) is 9.97 Å². The van der Waals surface area contributed by atoms with Crippen LogP contribution in [0.1, 0.15) is 128 Å². The van der Waals surface area contributed by atoms with E-state index in [1.165, 1.54) is 42.0 Å². The first-order valence-corrected chi connectivity index (χ1v) is 19.8. The fourth-order valence-corrected chi connectivity index (χ4v) is 6.78. The number of aromatic nitrogens is 2. The second kappa shape index (κ2) is 24.7. The summed E-state index contributed by atoms with van der Waals surface area (Å²) >= 11 is 7.81. The Balaban J connectivity index is 0.000000377. The second-order valence-electron chi connectivity index (χ2n) is 12.8. The molecule has 5 rings (SSSR count). The van der Waals surface area contributed by atoms with Crippen LogP contribution in [0.5, 0.6) is 0 Å². The molecule has 48 heavy (non-hydrogen) atoms. The first-order valence-electron chi connectivity index (χ1n) is 18.4. The smallest absolute Gasteiger partial charge is 0.139 e. The van der Waals surface area contributed by atoms with Crippen LogP contribution in [0.4, 0.5) is 5.82 Å². The summed E-state index contributed by atoms with van der Waals surface area (Å²) in [6.07, 6.45) is 14.0. The van der Waals surface area contributed by atoms with Gasteiger partial charge in [0, 0.05) is 35.3 Å². The molecule has 0 bridgehead atoms. The fraction of sp³-hybridized carbons (Fsp3) is 0.571. The average molecular weight is 697 g/mol. The van der Waals surface area contributed by atoms with E-state index in [0.717, 1.165) is 70.8 Å². The van der Waals surface area contributed by atoms with E-state index in [1.54, 1.807) is 0 Å². The van der Waals surface area contributed by atoms with Gasteiger partial charge in [0.1, 0.15) is 11.6 Å². The summed E-state index contributed by atoms with van der Waals surface area (Å²) in [4.78, 5) is 10.9. The maximum Gasteiger partial charge on any atom is 0.139 e. The summed E-state index contributed by atoms with van der Waals surface area (Å²) in [5.41, 5.74) is 3.51. The van der Waals surface area contributed by atoms with Crippen LogP contribution in [-0.2, 0) is 5.75 Å². The number of aliphatic hydroxyl groups is 1. The van der Waals surface area contributed by atoms with E-state index in [9.17, 15) is 5.11 Å². The number of anilines is 1. The molecule has 2 atom stereocenters. The quantitative estimate of drug-likeness (QED) is 0.254. The molecule has 6 heteroatoms. The molecule has 1 N–H and O–H groups in total. The Morgan fingerprint density at radius 1 is 0.833 bits per heavy atom. The summed E-state index contributed by atoms with van der Waals surface area (Å²) in [6, 6.07) is 16.2. The number of nitrogens with zero attached hydrogens (tertiary/aromatic N) is 3. The summed E-state index contributed by atoms with van der Waals surface area (Å²) in [5, 5.41) is 13.9. The minimum atomic E-state index is -0.386. The molecule has 2 unspecified atom stereocenters. The van der Waals surface area contributed by atoms with Crippen molar-refractivity contribution in [2.45, 2.75) is 131 Å². The van der Waals surface area contributed by atoms with Gasteiger partial charge in [0.2, 0.25) is 0 Å². The lowest BCUT2D eigenvalue weighted by Crippen LogP contribution is -2.37. The highest BCUT2D eigenvalue weighted by Gasteiger charge is 2.16. The van der Waals surface area contributed by atoms with Crippen molar-refractivity contribution in [1.82, 2.24) is 9.97 Å². The van der Waals surface area contributed by atoms with Crippen LogP contribution >= 0.6 is 23.4 Å². The number of halogens is 1. The van der Waals surface area contributed by atoms with Crippen LogP contribution in [0.2, 0.25) is 5.02 Å². The van der Waals surface area contributed by atoms with Crippen molar-refractivity contribution in [2.75, 3.05) is 19.0 Å². The Bertz CT molecular complexity index is 1370. The lowest BCUT2D eigenvalue weighted by Gasteiger charge is -2.22. The van der Waals surface area contributed by atoms with Gasteiger partial charge in [0.15, 0.2) is 0 Å². The third-order valence-corrected chi connectivity index (χ3v) is 10.2. The molecule has 0 spiro atoms.